The highest BCUT2D eigenvalue weighted by Crippen LogP contribution is 2.59. The zero-order chi connectivity index (χ0) is 12.0. The third-order valence-electron chi connectivity index (χ3n) is 4.86. The standard InChI is InChI=1S/C13H22O3/c1-3-12(2,16)8-13(11(14)15)7-9-4-5-10(13)6-9/h9-10,16H,3-8H2,1-2H3,(H,14,15). The van der Waals surface area contributed by atoms with E-state index in [4.69, 9.17) is 0 Å². The van der Waals surface area contributed by atoms with Gasteiger partial charge in [-0.25, -0.2) is 0 Å². The molecule has 0 amide bonds. The average Bonchev–Trinajstić information content (AvgIpc) is 2.77. The second-order valence-electron chi connectivity index (χ2n) is 6.07. The third kappa shape index (κ3) is 1.75. The normalized spacial score (nSPS) is 40.9. The summed E-state index contributed by atoms with van der Waals surface area (Å²) in [5.41, 5.74) is -1.47. The van der Waals surface area contributed by atoms with Crippen LogP contribution >= 0.6 is 0 Å². The fourth-order valence-electron chi connectivity index (χ4n) is 3.80. The predicted octanol–water partition coefficient (Wildman–Crippen LogP) is 2.43. The molecule has 0 radical (unpaired) electrons. The maximum absolute atomic E-state index is 11.6. The van der Waals surface area contributed by atoms with Gasteiger partial charge in [-0.3, -0.25) is 4.79 Å². The van der Waals surface area contributed by atoms with Crippen LogP contribution in [0.15, 0.2) is 0 Å². The van der Waals surface area contributed by atoms with Crippen LogP contribution in [-0.2, 0) is 4.79 Å². The van der Waals surface area contributed by atoms with Crippen LogP contribution in [0, 0.1) is 17.3 Å². The summed E-state index contributed by atoms with van der Waals surface area (Å²) in [6.07, 6.45) is 5.12. The van der Waals surface area contributed by atoms with Gasteiger partial charge in [0.1, 0.15) is 0 Å². The predicted molar refractivity (Wildman–Crippen MR) is 61.0 cm³/mol. The van der Waals surface area contributed by atoms with Gasteiger partial charge >= 0.3 is 5.97 Å². The third-order valence-corrected chi connectivity index (χ3v) is 4.86. The molecule has 0 aliphatic heterocycles. The first kappa shape index (κ1) is 11.9. The number of fused-ring (bicyclic) bond motifs is 2. The van der Waals surface area contributed by atoms with Crippen molar-refractivity contribution in [3.63, 3.8) is 0 Å². The van der Waals surface area contributed by atoms with Crippen molar-refractivity contribution in [2.75, 3.05) is 0 Å². The van der Waals surface area contributed by atoms with Crippen molar-refractivity contribution in [3.8, 4) is 0 Å². The van der Waals surface area contributed by atoms with Crippen LogP contribution in [0.4, 0.5) is 0 Å². The summed E-state index contributed by atoms with van der Waals surface area (Å²) < 4.78 is 0. The summed E-state index contributed by atoms with van der Waals surface area (Å²) in [7, 11) is 0. The lowest BCUT2D eigenvalue weighted by molar-refractivity contribution is -0.157. The Bertz CT molecular complexity index is 298. The molecule has 92 valence electrons. The fraction of sp³-hybridized carbons (Fsp3) is 0.923. The molecule has 0 spiro atoms. The fourth-order valence-corrected chi connectivity index (χ4v) is 3.80. The first-order valence-electron chi connectivity index (χ1n) is 6.35. The van der Waals surface area contributed by atoms with Gasteiger partial charge in [0, 0.05) is 0 Å². The molecule has 16 heavy (non-hydrogen) atoms. The maximum atomic E-state index is 11.6. The van der Waals surface area contributed by atoms with E-state index in [1.54, 1.807) is 6.92 Å². The molecule has 0 saturated heterocycles. The monoisotopic (exact) mass is 226 g/mol. The van der Waals surface area contributed by atoms with Gasteiger partial charge in [0.2, 0.25) is 0 Å². The number of aliphatic carboxylic acids is 1. The zero-order valence-electron chi connectivity index (χ0n) is 10.2. The number of carboxylic acids is 1. The molecule has 0 aromatic heterocycles. The molecule has 2 fully saturated rings. The van der Waals surface area contributed by atoms with Crippen molar-refractivity contribution >= 4 is 5.97 Å². The van der Waals surface area contributed by atoms with E-state index in [9.17, 15) is 15.0 Å². The van der Waals surface area contributed by atoms with Gasteiger partial charge in [-0.05, 0) is 50.9 Å². The zero-order valence-corrected chi connectivity index (χ0v) is 10.2. The highest BCUT2D eigenvalue weighted by molar-refractivity contribution is 5.76. The number of carboxylic acid groups (broad SMARTS) is 1. The van der Waals surface area contributed by atoms with Crippen LogP contribution in [0.3, 0.4) is 0 Å². The van der Waals surface area contributed by atoms with Gasteiger partial charge in [0.05, 0.1) is 11.0 Å². The highest BCUT2D eigenvalue weighted by atomic mass is 16.4. The lowest BCUT2D eigenvalue weighted by Gasteiger charge is -2.38. The van der Waals surface area contributed by atoms with Crippen LogP contribution in [0.25, 0.3) is 0 Å². The minimum absolute atomic E-state index is 0.299. The summed E-state index contributed by atoms with van der Waals surface area (Å²) in [6, 6.07) is 0. The van der Waals surface area contributed by atoms with Crippen molar-refractivity contribution in [2.45, 2.75) is 58.0 Å². The van der Waals surface area contributed by atoms with E-state index in [2.05, 4.69) is 0 Å². The van der Waals surface area contributed by atoms with Gasteiger partial charge in [-0.15, -0.1) is 0 Å². The number of hydrogen-bond donors (Lipinski definition) is 2. The van der Waals surface area contributed by atoms with E-state index in [0.717, 1.165) is 19.3 Å². The topological polar surface area (TPSA) is 57.5 Å². The minimum Gasteiger partial charge on any atom is -0.481 e. The Balaban J connectivity index is 2.21. The van der Waals surface area contributed by atoms with Crippen molar-refractivity contribution < 1.29 is 15.0 Å². The molecule has 2 N–H and O–H groups in total. The van der Waals surface area contributed by atoms with E-state index >= 15 is 0 Å². The molecule has 4 unspecified atom stereocenters. The second kappa shape index (κ2) is 3.73. The summed E-state index contributed by atoms with van der Waals surface area (Å²) in [5.74, 6) is 0.204. The summed E-state index contributed by atoms with van der Waals surface area (Å²) in [6.45, 7) is 3.69. The molecule has 2 aliphatic rings. The number of rotatable bonds is 4. The Morgan fingerprint density at radius 1 is 1.50 bits per heavy atom. The van der Waals surface area contributed by atoms with E-state index in [1.165, 1.54) is 6.42 Å². The molecule has 3 nitrogen and oxygen atoms in total. The van der Waals surface area contributed by atoms with Crippen LogP contribution in [-0.4, -0.2) is 21.8 Å². The van der Waals surface area contributed by atoms with Crippen molar-refractivity contribution in [1.29, 1.82) is 0 Å². The van der Waals surface area contributed by atoms with E-state index in [0.29, 0.717) is 24.7 Å². The van der Waals surface area contributed by atoms with Gasteiger partial charge in [-0.2, -0.15) is 0 Å². The van der Waals surface area contributed by atoms with Crippen molar-refractivity contribution in [2.24, 2.45) is 17.3 Å². The van der Waals surface area contributed by atoms with Crippen LogP contribution in [0.2, 0.25) is 0 Å². The Morgan fingerprint density at radius 3 is 2.56 bits per heavy atom. The Morgan fingerprint density at radius 2 is 2.19 bits per heavy atom. The molecule has 4 atom stereocenters. The first-order chi connectivity index (χ1) is 7.39. The molecule has 2 bridgehead atoms. The minimum atomic E-state index is -0.830. The Kier molecular flexibility index (Phi) is 2.77. The maximum Gasteiger partial charge on any atom is 0.310 e. The van der Waals surface area contributed by atoms with Gasteiger partial charge in [0.25, 0.3) is 0 Å². The Hall–Kier alpha value is -0.570. The highest BCUT2D eigenvalue weighted by Gasteiger charge is 2.57. The largest absolute Gasteiger partial charge is 0.481 e. The summed E-state index contributed by atoms with van der Waals surface area (Å²) in [4.78, 5) is 11.6. The van der Waals surface area contributed by atoms with Crippen LogP contribution < -0.4 is 0 Å². The van der Waals surface area contributed by atoms with Crippen molar-refractivity contribution in [3.05, 3.63) is 0 Å². The molecule has 2 saturated carbocycles. The average molecular weight is 226 g/mol. The number of hydrogen-bond acceptors (Lipinski definition) is 2. The van der Waals surface area contributed by atoms with Gasteiger partial charge in [-0.1, -0.05) is 13.3 Å². The smallest absolute Gasteiger partial charge is 0.310 e. The van der Waals surface area contributed by atoms with Gasteiger partial charge in [0.15, 0.2) is 0 Å². The molecule has 0 aromatic carbocycles. The van der Waals surface area contributed by atoms with E-state index in [-0.39, 0.29) is 0 Å². The summed E-state index contributed by atoms with van der Waals surface area (Å²) in [5, 5.41) is 19.7. The molecule has 0 aromatic rings. The molecule has 3 heteroatoms. The number of aliphatic hydroxyl groups is 1. The van der Waals surface area contributed by atoms with E-state index < -0.39 is 17.0 Å². The summed E-state index contributed by atoms with van der Waals surface area (Å²) >= 11 is 0. The molecule has 2 aliphatic carbocycles. The molecular formula is C13H22O3. The molecular weight excluding hydrogens is 204 g/mol. The quantitative estimate of drug-likeness (QED) is 0.774. The van der Waals surface area contributed by atoms with Crippen LogP contribution in [0.1, 0.15) is 52.4 Å². The lowest BCUT2D eigenvalue weighted by Crippen LogP contribution is -2.43. The van der Waals surface area contributed by atoms with Gasteiger partial charge < -0.3 is 10.2 Å². The molecule has 0 heterocycles. The molecule has 2 rings (SSSR count). The van der Waals surface area contributed by atoms with E-state index in [1.807, 2.05) is 6.92 Å². The lowest BCUT2D eigenvalue weighted by atomic mass is 9.67. The SMILES string of the molecule is CCC(C)(O)CC1(C(=O)O)CC2CCC1C2. The number of carbonyl (C=O) groups is 1. The second-order valence-corrected chi connectivity index (χ2v) is 6.07. The first-order valence-corrected chi connectivity index (χ1v) is 6.35. The van der Waals surface area contributed by atoms with Crippen LogP contribution in [0.5, 0.6) is 0 Å². The van der Waals surface area contributed by atoms with Crippen molar-refractivity contribution in [1.82, 2.24) is 0 Å². The Labute approximate surface area is 96.9 Å².